The number of halogens is 2. The molecule has 0 bridgehead atoms. The number of hydrogen-bond acceptors (Lipinski definition) is 4. The lowest BCUT2D eigenvalue weighted by atomic mass is 9.85. The van der Waals surface area contributed by atoms with Crippen LogP contribution in [0.5, 0.6) is 0 Å². The molecule has 2 heterocycles. The van der Waals surface area contributed by atoms with Gasteiger partial charge < -0.3 is 5.32 Å². The molecule has 2 aromatic carbocycles. The molecule has 0 saturated carbocycles. The van der Waals surface area contributed by atoms with Crippen molar-refractivity contribution in [3.8, 4) is 11.1 Å². The monoisotopic (exact) mass is 371 g/mol. The van der Waals surface area contributed by atoms with E-state index in [-0.39, 0.29) is 6.04 Å². The van der Waals surface area contributed by atoms with Gasteiger partial charge in [-0.15, -0.1) is 0 Å². The summed E-state index contributed by atoms with van der Waals surface area (Å²) in [7, 11) is 0. The molecule has 2 aromatic rings. The molecule has 1 unspecified atom stereocenters. The molecular weight excluding hydrogens is 348 g/mol. The highest BCUT2D eigenvalue weighted by atomic mass is 19.1. The van der Waals surface area contributed by atoms with Crippen molar-refractivity contribution in [3.63, 3.8) is 0 Å². The Morgan fingerprint density at radius 1 is 0.963 bits per heavy atom. The summed E-state index contributed by atoms with van der Waals surface area (Å²) in [5.74, 6) is -0.691. The molecular formula is C21H23F2N3O. The predicted octanol–water partition coefficient (Wildman–Crippen LogP) is 3.64. The van der Waals surface area contributed by atoms with Crippen LogP contribution in [-0.2, 0) is 6.42 Å². The molecule has 142 valence electrons. The van der Waals surface area contributed by atoms with Gasteiger partial charge in [0.1, 0.15) is 11.6 Å². The summed E-state index contributed by atoms with van der Waals surface area (Å²) in [5, 5.41) is 14.3. The maximum Gasteiger partial charge on any atom is 0.126 e. The average Bonchev–Trinajstić information content (AvgIpc) is 3.02. The van der Waals surface area contributed by atoms with Crippen LogP contribution in [0.15, 0.2) is 54.2 Å². The van der Waals surface area contributed by atoms with Crippen molar-refractivity contribution >= 4 is 0 Å². The number of hydrazine groups is 1. The summed E-state index contributed by atoms with van der Waals surface area (Å²) in [5.41, 5.74) is 6.72. The van der Waals surface area contributed by atoms with E-state index in [1.807, 2.05) is 24.3 Å². The topological polar surface area (TPSA) is 47.5 Å². The number of hydroxylamine groups is 1. The fourth-order valence-electron chi connectivity index (χ4n) is 4.00. The van der Waals surface area contributed by atoms with E-state index in [2.05, 4.69) is 10.7 Å². The Kier molecular flexibility index (Phi) is 5.20. The van der Waals surface area contributed by atoms with E-state index in [4.69, 9.17) is 0 Å². The van der Waals surface area contributed by atoms with Gasteiger partial charge in [-0.05, 0) is 72.7 Å². The van der Waals surface area contributed by atoms with Crippen LogP contribution in [0, 0.1) is 17.6 Å². The third-order valence-electron chi connectivity index (χ3n) is 5.36. The number of hydrogen-bond donors (Lipinski definition) is 3. The van der Waals surface area contributed by atoms with Crippen molar-refractivity contribution in [1.29, 1.82) is 0 Å². The number of piperidine rings is 1. The van der Waals surface area contributed by atoms with Crippen LogP contribution >= 0.6 is 0 Å². The summed E-state index contributed by atoms with van der Waals surface area (Å²) in [6.45, 7) is 2.00. The molecule has 0 aliphatic carbocycles. The largest absolute Gasteiger partial charge is 0.317 e. The van der Waals surface area contributed by atoms with Gasteiger partial charge in [-0.3, -0.25) is 5.21 Å². The molecule has 6 heteroatoms. The van der Waals surface area contributed by atoms with Gasteiger partial charge in [0.15, 0.2) is 0 Å². The van der Waals surface area contributed by atoms with Crippen molar-refractivity contribution in [1.82, 2.24) is 15.9 Å². The van der Waals surface area contributed by atoms with Crippen LogP contribution in [0.25, 0.3) is 11.1 Å². The fraction of sp³-hybridized carbons (Fsp3) is 0.333. The molecule has 0 spiro atoms. The van der Waals surface area contributed by atoms with Gasteiger partial charge in [0.05, 0.1) is 6.04 Å². The Morgan fingerprint density at radius 3 is 2.30 bits per heavy atom. The fourth-order valence-corrected chi connectivity index (χ4v) is 4.00. The molecule has 3 N–H and O–H groups in total. The summed E-state index contributed by atoms with van der Waals surface area (Å²) in [6, 6.07) is 11.3. The quantitative estimate of drug-likeness (QED) is 0.768. The standard InChI is InChI=1S/C21H23F2N3O/c22-18-10-17(11-19(23)12-18)15-3-1-14(2-4-15)9-21-20(13-26(27)25-21)16-5-7-24-8-6-16/h1-4,10-13,16,21,24-25,27H,5-9H2. The van der Waals surface area contributed by atoms with E-state index in [9.17, 15) is 14.0 Å². The number of benzene rings is 2. The van der Waals surface area contributed by atoms with Crippen LogP contribution in [0.4, 0.5) is 8.78 Å². The highest BCUT2D eigenvalue weighted by Gasteiger charge is 2.30. The molecule has 0 radical (unpaired) electrons. The minimum atomic E-state index is -0.580. The third-order valence-corrected chi connectivity index (χ3v) is 5.36. The van der Waals surface area contributed by atoms with Gasteiger partial charge in [-0.25, -0.2) is 14.2 Å². The second-order valence-corrected chi connectivity index (χ2v) is 7.24. The van der Waals surface area contributed by atoms with Crippen molar-refractivity contribution in [2.45, 2.75) is 25.3 Å². The van der Waals surface area contributed by atoms with E-state index in [1.165, 1.54) is 17.7 Å². The van der Waals surface area contributed by atoms with Crippen LogP contribution in [0.2, 0.25) is 0 Å². The van der Waals surface area contributed by atoms with E-state index in [0.717, 1.165) is 54.7 Å². The van der Waals surface area contributed by atoms with Crippen LogP contribution in [0.3, 0.4) is 0 Å². The van der Waals surface area contributed by atoms with Crippen molar-refractivity contribution in [3.05, 3.63) is 71.4 Å². The van der Waals surface area contributed by atoms with Gasteiger partial charge in [0.2, 0.25) is 0 Å². The zero-order valence-corrected chi connectivity index (χ0v) is 15.0. The highest BCUT2D eigenvalue weighted by molar-refractivity contribution is 5.63. The molecule has 2 aliphatic heterocycles. The zero-order valence-electron chi connectivity index (χ0n) is 15.0. The zero-order chi connectivity index (χ0) is 18.8. The molecule has 1 saturated heterocycles. The molecule has 0 amide bonds. The van der Waals surface area contributed by atoms with Crippen LogP contribution < -0.4 is 10.7 Å². The molecule has 2 aliphatic rings. The lowest BCUT2D eigenvalue weighted by molar-refractivity contribution is -0.0839. The summed E-state index contributed by atoms with van der Waals surface area (Å²) < 4.78 is 26.9. The van der Waals surface area contributed by atoms with Crippen molar-refractivity contribution in [2.24, 2.45) is 5.92 Å². The first kappa shape index (κ1) is 18.1. The molecule has 1 fully saturated rings. The molecule has 4 nitrogen and oxygen atoms in total. The van der Waals surface area contributed by atoms with E-state index in [1.54, 1.807) is 6.20 Å². The Morgan fingerprint density at radius 2 is 1.63 bits per heavy atom. The van der Waals surface area contributed by atoms with E-state index in [0.29, 0.717) is 11.5 Å². The maximum absolute atomic E-state index is 13.4. The molecule has 4 rings (SSSR count). The summed E-state index contributed by atoms with van der Waals surface area (Å²) >= 11 is 0. The van der Waals surface area contributed by atoms with Gasteiger partial charge in [0, 0.05) is 12.3 Å². The van der Waals surface area contributed by atoms with Gasteiger partial charge in [-0.1, -0.05) is 24.3 Å². The average molecular weight is 371 g/mol. The summed E-state index contributed by atoms with van der Waals surface area (Å²) in [4.78, 5) is 0. The second-order valence-electron chi connectivity index (χ2n) is 7.24. The first-order chi connectivity index (χ1) is 13.1. The Balaban J connectivity index is 1.48. The lowest BCUT2D eigenvalue weighted by Gasteiger charge is -2.27. The normalized spacial score (nSPS) is 20.8. The Hall–Kier alpha value is -2.28. The Bertz CT molecular complexity index is 812. The van der Waals surface area contributed by atoms with Crippen LogP contribution in [0.1, 0.15) is 18.4 Å². The lowest BCUT2D eigenvalue weighted by Crippen LogP contribution is -2.38. The second kappa shape index (κ2) is 7.76. The minimum absolute atomic E-state index is 0.0514. The first-order valence-corrected chi connectivity index (χ1v) is 9.30. The molecule has 1 atom stereocenters. The van der Waals surface area contributed by atoms with Crippen molar-refractivity contribution < 1.29 is 14.0 Å². The van der Waals surface area contributed by atoms with Crippen LogP contribution in [-0.4, -0.2) is 29.5 Å². The van der Waals surface area contributed by atoms with Crippen molar-refractivity contribution in [2.75, 3.05) is 13.1 Å². The number of nitrogens with zero attached hydrogens (tertiary/aromatic N) is 1. The first-order valence-electron chi connectivity index (χ1n) is 9.30. The maximum atomic E-state index is 13.4. The third kappa shape index (κ3) is 4.18. The smallest absolute Gasteiger partial charge is 0.126 e. The van der Waals surface area contributed by atoms with Gasteiger partial charge in [-0.2, -0.15) is 5.17 Å². The molecule has 27 heavy (non-hydrogen) atoms. The summed E-state index contributed by atoms with van der Waals surface area (Å²) in [6.07, 6.45) is 4.68. The predicted molar refractivity (Wildman–Crippen MR) is 99.7 cm³/mol. The van der Waals surface area contributed by atoms with Gasteiger partial charge in [0.25, 0.3) is 0 Å². The SMILES string of the molecule is ON1C=C(C2CCNCC2)C(Cc2ccc(-c3cc(F)cc(F)c3)cc2)N1. The number of nitrogens with one attached hydrogen (secondary N) is 2. The molecule has 0 aromatic heterocycles. The minimum Gasteiger partial charge on any atom is -0.317 e. The van der Waals surface area contributed by atoms with Gasteiger partial charge >= 0.3 is 0 Å². The Labute approximate surface area is 157 Å². The van der Waals surface area contributed by atoms with E-state index < -0.39 is 11.6 Å². The number of rotatable bonds is 4. The van der Waals surface area contributed by atoms with E-state index >= 15 is 0 Å². The highest BCUT2D eigenvalue weighted by Crippen LogP contribution is 2.30.